The van der Waals surface area contributed by atoms with Gasteiger partial charge in [0.25, 0.3) is 0 Å². The Hall–Kier alpha value is -2.30. The molecule has 0 spiro atoms. The fourth-order valence-corrected chi connectivity index (χ4v) is 6.26. The standard InChI is InChI=1S/C31H38F4O/c1-3-5-20-6-11-22(12-7-20)25-17-16-24(28(32)29(25)33)15-10-21-8-13-23(14-9-21)26-18-19-27(36-4-2)31(35)30(26)34/h3,5,16-23H,4,6-15H2,1-2H3. The minimum atomic E-state index is -0.914. The Morgan fingerprint density at radius 2 is 1.33 bits per heavy atom. The van der Waals surface area contributed by atoms with Gasteiger partial charge in [-0.2, -0.15) is 4.39 Å². The van der Waals surface area contributed by atoms with Crippen LogP contribution in [0.1, 0.15) is 100 Å². The van der Waals surface area contributed by atoms with Gasteiger partial charge in [0.1, 0.15) is 0 Å². The molecule has 2 aromatic carbocycles. The Kier molecular flexibility index (Phi) is 9.14. The van der Waals surface area contributed by atoms with Gasteiger partial charge in [0.05, 0.1) is 6.61 Å². The molecule has 2 aliphatic rings. The summed E-state index contributed by atoms with van der Waals surface area (Å²) < 4.78 is 64.0. The van der Waals surface area contributed by atoms with E-state index in [1.165, 1.54) is 6.07 Å². The molecule has 0 aliphatic heterocycles. The zero-order valence-electron chi connectivity index (χ0n) is 21.5. The predicted octanol–water partition coefficient (Wildman–Crippen LogP) is 9.40. The molecular weight excluding hydrogens is 464 g/mol. The second kappa shape index (κ2) is 12.3. The summed E-state index contributed by atoms with van der Waals surface area (Å²) in [5, 5.41) is 0. The van der Waals surface area contributed by atoms with Gasteiger partial charge in [-0.15, -0.1) is 0 Å². The second-order valence-electron chi connectivity index (χ2n) is 10.5. The van der Waals surface area contributed by atoms with Crippen LogP contribution in [0.5, 0.6) is 5.75 Å². The van der Waals surface area contributed by atoms with Crippen LogP contribution in [0, 0.1) is 35.1 Å². The number of rotatable bonds is 8. The van der Waals surface area contributed by atoms with E-state index in [-0.39, 0.29) is 24.2 Å². The van der Waals surface area contributed by atoms with E-state index in [9.17, 15) is 17.6 Å². The van der Waals surface area contributed by atoms with Crippen molar-refractivity contribution in [1.29, 1.82) is 0 Å². The van der Waals surface area contributed by atoms with Gasteiger partial charge in [0.2, 0.25) is 5.82 Å². The molecule has 0 atom stereocenters. The smallest absolute Gasteiger partial charge is 0.200 e. The molecule has 2 aliphatic carbocycles. The first kappa shape index (κ1) is 26.8. The molecule has 1 nitrogen and oxygen atoms in total. The lowest BCUT2D eigenvalue weighted by Gasteiger charge is -2.29. The van der Waals surface area contributed by atoms with Crippen LogP contribution in [0.25, 0.3) is 0 Å². The Morgan fingerprint density at radius 3 is 1.94 bits per heavy atom. The average Bonchev–Trinajstić information content (AvgIpc) is 2.89. The highest BCUT2D eigenvalue weighted by atomic mass is 19.2. The first-order chi connectivity index (χ1) is 17.4. The van der Waals surface area contributed by atoms with E-state index >= 15 is 0 Å². The third kappa shape index (κ3) is 5.98. The summed E-state index contributed by atoms with van der Waals surface area (Å²) in [4.78, 5) is 0. The molecule has 5 heteroatoms. The predicted molar refractivity (Wildman–Crippen MR) is 136 cm³/mol. The lowest BCUT2D eigenvalue weighted by atomic mass is 9.76. The van der Waals surface area contributed by atoms with E-state index < -0.39 is 23.3 Å². The Bertz CT molecular complexity index is 1050. The van der Waals surface area contributed by atoms with E-state index in [2.05, 4.69) is 12.2 Å². The number of benzene rings is 2. The highest BCUT2D eigenvalue weighted by Gasteiger charge is 2.28. The SMILES string of the molecule is CC=CC1CCC(c2ccc(CCC3CCC(c4ccc(OCC)c(F)c4F)CC3)c(F)c2F)CC1. The number of halogens is 4. The third-order valence-corrected chi connectivity index (χ3v) is 8.35. The quantitative estimate of drug-likeness (QED) is 0.258. The minimum absolute atomic E-state index is 0.0252. The summed E-state index contributed by atoms with van der Waals surface area (Å²) in [6, 6.07) is 6.73. The topological polar surface area (TPSA) is 9.23 Å². The molecule has 2 fully saturated rings. The molecule has 0 saturated heterocycles. The van der Waals surface area contributed by atoms with Crippen molar-refractivity contribution < 1.29 is 22.3 Å². The molecule has 2 aromatic rings. The Labute approximate surface area is 212 Å². The van der Waals surface area contributed by atoms with E-state index in [4.69, 9.17) is 4.74 Å². The van der Waals surface area contributed by atoms with Crippen molar-refractivity contribution in [2.24, 2.45) is 11.8 Å². The molecule has 0 N–H and O–H groups in total. The van der Waals surface area contributed by atoms with Crippen molar-refractivity contribution in [3.8, 4) is 5.75 Å². The zero-order valence-corrected chi connectivity index (χ0v) is 21.5. The lowest BCUT2D eigenvalue weighted by molar-refractivity contribution is 0.296. The summed E-state index contributed by atoms with van der Waals surface area (Å²) in [6.07, 6.45) is 12.7. The van der Waals surface area contributed by atoms with E-state index in [1.54, 1.807) is 25.1 Å². The molecule has 0 radical (unpaired) electrons. The average molecular weight is 503 g/mol. The number of ether oxygens (including phenoxy) is 1. The molecule has 36 heavy (non-hydrogen) atoms. The van der Waals surface area contributed by atoms with Crippen molar-refractivity contribution in [3.05, 3.63) is 76.4 Å². The Morgan fingerprint density at radius 1 is 0.750 bits per heavy atom. The molecule has 0 unspecified atom stereocenters. The van der Waals surface area contributed by atoms with Crippen LogP contribution in [0.3, 0.4) is 0 Å². The molecule has 0 heterocycles. The first-order valence-electron chi connectivity index (χ1n) is 13.6. The molecule has 0 bridgehead atoms. The molecule has 196 valence electrons. The highest BCUT2D eigenvalue weighted by Crippen LogP contribution is 2.41. The monoisotopic (exact) mass is 502 g/mol. The maximum absolute atomic E-state index is 15.0. The summed E-state index contributed by atoms with van der Waals surface area (Å²) in [7, 11) is 0. The summed E-state index contributed by atoms with van der Waals surface area (Å²) >= 11 is 0. The van der Waals surface area contributed by atoms with Crippen molar-refractivity contribution in [2.75, 3.05) is 6.61 Å². The van der Waals surface area contributed by atoms with Crippen molar-refractivity contribution in [2.45, 2.75) is 89.9 Å². The van der Waals surface area contributed by atoms with Crippen LogP contribution in [-0.4, -0.2) is 6.61 Å². The van der Waals surface area contributed by atoms with Gasteiger partial charge in [-0.25, -0.2) is 13.2 Å². The van der Waals surface area contributed by atoms with Crippen LogP contribution in [-0.2, 0) is 6.42 Å². The van der Waals surface area contributed by atoms with Crippen LogP contribution in [0.2, 0.25) is 0 Å². The fraction of sp³-hybridized carbons (Fsp3) is 0.548. The number of allylic oxidation sites excluding steroid dienone is 2. The van der Waals surface area contributed by atoms with E-state index in [0.717, 1.165) is 57.8 Å². The number of aryl methyl sites for hydroxylation is 1. The molecule has 2 saturated carbocycles. The highest BCUT2D eigenvalue weighted by molar-refractivity contribution is 5.33. The van der Waals surface area contributed by atoms with Crippen molar-refractivity contribution in [3.63, 3.8) is 0 Å². The van der Waals surface area contributed by atoms with Crippen LogP contribution in [0.4, 0.5) is 17.6 Å². The summed E-state index contributed by atoms with van der Waals surface area (Å²) in [6.45, 7) is 4.04. The van der Waals surface area contributed by atoms with Crippen molar-refractivity contribution in [1.82, 2.24) is 0 Å². The van der Waals surface area contributed by atoms with Crippen LogP contribution >= 0.6 is 0 Å². The van der Waals surface area contributed by atoms with Gasteiger partial charge < -0.3 is 4.74 Å². The third-order valence-electron chi connectivity index (χ3n) is 8.35. The zero-order chi connectivity index (χ0) is 25.7. The van der Waals surface area contributed by atoms with Crippen LogP contribution in [0.15, 0.2) is 36.4 Å². The molecule has 4 rings (SSSR count). The van der Waals surface area contributed by atoms with E-state index in [1.807, 2.05) is 6.92 Å². The van der Waals surface area contributed by atoms with Crippen LogP contribution < -0.4 is 4.74 Å². The fourth-order valence-electron chi connectivity index (χ4n) is 6.26. The molecule has 0 aromatic heterocycles. The number of hydrogen-bond donors (Lipinski definition) is 0. The maximum Gasteiger partial charge on any atom is 0.200 e. The maximum atomic E-state index is 15.0. The minimum Gasteiger partial charge on any atom is -0.491 e. The molecule has 0 amide bonds. The van der Waals surface area contributed by atoms with Crippen molar-refractivity contribution >= 4 is 0 Å². The summed E-state index contributed by atoms with van der Waals surface area (Å²) in [5.41, 5.74) is 1.39. The van der Waals surface area contributed by atoms with Gasteiger partial charge >= 0.3 is 0 Å². The Balaban J connectivity index is 1.31. The summed E-state index contributed by atoms with van der Waals surface area (Å²) in [5.74, 6) is -2.13. The van der Waals surface area contributed by atoms with Gasteiger partial charge in [-0.1, -0.05) is 30.4 Å². The largest absolute Gasteiger partial charge is 0.491 e. The normalized spacial score (nSPS) is 24.8. The van der Waals surface area contributed by atoms with Gasteiger partial charge in [0, 0.05) is 0 Å². The van der Waals surface area contributed by atoms with Gasteiger partial charge in [-0.3, -0.25) is 0 Å². The molecular formula is C31H38F4O. The van der Waals surface area contributed by atoms with Gasteiger partial charge in [-0.05, 0) is 124 Å². The van der Waals surface area contributed by atoms with E-state index in [0.29, 0.717) is 34.9 Å². The van der Waals surface area contributed by atoms with Gasteiger partial charge in [0.15, 0.2) is 23.2 Å². The first-order valence-corrected chi connectivity index (χ1v) is 13.6. The lowest BCUT2D eigenvalue weighted by Crippen LogP contribution is -2.16. The second-order valence-corrected chi connectivity index (χ2v) is 10.5. The number of hydrogen-bond acceptors (Lipinski definition) is 1.